The van der Waals surface area contributed by atoms with E-state index in [1.54, 1.807) is 24.3 Å². The van der Waals surface area contributed by atoms with Gasteiger partial charge in [0.05, 0.1) is 24.1 Å². The van der Waals surface area contributed by atoms with Crippen LogP contribution < -0.4 is 10.1 Å². The first-order chi connectivity index (χ1) is 11.1. The van der Waals surface area contributed by atoms with E-state index in [1.807, 2.05) is 36.4 Å². The Balaban J connectivity index is 2.05. The van der Waals surface area contributed by atoms with Gasteiger partial charge in [0.2, 0.25) is 5.91 Å². The van der Waals surface area contributed by atoms with Gasteiger partial charge in [-0.1, -0.05) is 30.3 Å². The molecule has 0 heterocycles. The number of esters is 1. The lowest BCUT2D eigenvalue weighted by Gasteiger charge is -2.17. The molecule has 0 aliphatic heterocycles. The first-order valence-corrected chi connectivity index (χ1v) is 7.11. The van der Waals surface area contributed by atoms with Crippen molar-refractivity contribution in [3.63, 3.8) is 0 Å². The summed E-state index contributed by atoms with van der Waals surface area (Å²) >= 11 is 0. The highest BCUT2D eigenvalue weighted by Gasteiger charge is 2.18. The first kappa shape index (κ1) is 16.2. The molecule has 116 valence electrons. The third-order valence-electron chi connectivity index (χ3n) is 3.17. The van der Waals surface area contributed by atoms with E-state index >= 15 is 0 Å². The summed E-state index contributed by atoms with van der Waals surface area (Å²) in [5.41, 5.74) is 1.32. The maximum Gasteiger partial charge on any atom is 0.313 e. The topological polar surface area (TPSA) is 79.2 Å². The molecule has 1 atom stereocenters. The molecule has 2 rings (SSSR count). The highest BCUT2D eigenvalue weighted by Crippen LogP contribution is 2.19. The number of nitrogens with zero attached hydrogens (tertiary/aromatic N) is 1. The van der Waals surface area contributed by atoms with Crippen molar-refractivity contribution in [3.8, 4) is 11.8 Å². The number of rotatable bonds is 5. The SMILES string of the molecule is CC(=O)N[C@@H](CC(=O)Oc1ccc(C#N)cc1)c1ccccc1. The van der Waals surface area contributed by atoms with Gasteiger partial charge >= 0.3 is 5.97 Å². The number of carbonyl (C=O) groups excluding carboxylic acids is 2. The summed E-state index contributed by atoms with van der Waals surface area (Å²) in [7, 11) is 0. The number of ether oxygens (including phenoxy) is 1. The normalized spacial score (nSPS) is 11.1. The second kappa shape index (κ2) is 7.76. The second-order valence-electron chi connectivity index (χ2n) is 4.98. The van der Waals surface area contributed by atoms with Crippen molar-refractivity contribution in [1.29, 1.82) is 5.26 Å². The van der Waals surface area contributed by atoms with Crippen LogP contribution in [0.3, 0.4) is 0 Å². The Hall–Kier alpha value is -3.13. The van der Waals surface area contributed by atoms with Gasteiger partial charge in [0.15, 0.2) is 0 Å². The lowest BCUT2D eigenvalue weighted by Crippen LogP contribution is -2.29. The minimum absolute atomic E-state index is 0.0175. The van der Waals surface area contributed by atoms with E-state index in [2.05, 4.69) is 5.32 Å². The van der Waals surface area contributed by atoms with E-state index in [0.717, 1.165) is 5.56 Å². The number of carbonyl (C=O) groups is 2. The highest BCUT2D eigenvalue weighted by atomic mass is 16.5. The minimum atomic E-state index is -0.461. The van der Waals surface area contributed by atoms with Crippen molar-refractivity contribution < 1.29 is 14.3 Å². The van der Waals surface area contributed by atoms with Crippen LogP contribution in [0.4, 0.5) is 0 Å². The summed E-state index contributed by atoms with van der Waals surface area (Å²) < 4.78 is 5.25. The maximum absolute atomic E-state index is 12.1. The molecule has 5 heteroatoms. The zero-order valence-electron chi connectivity index (χ0n) is 12.7. The van der Waals surface area contributed by atoms with Crippen molar-refractivity contribution in [2.75, 3.05) is 0 Å². The summed E-state index contributed by atoms with van der Waals surface area (Å²) in [6.45, 7) is 1.40. The fraction of sp³-hybridized carbons (Fsp3) is 0.167. The smallest absolute Gasteiger partial charge is 0.313 e. The van der Waals surface area contributed by atoms with Gasteiger partial charge in [-0.15, -0.1) is 0 Å². The van der Waals surface area contributed by atoms with Crippen LogP contribution in [-0.2, 0) is 9.59 Å². The maximum atomic E-state index is 12.1. The first-order valence-electron chi connectivity index (χ1n) is 7.11. The van der Waals surface area contributed by atoms with Crippen molar-refractivity contribution in [3.05, 3.63) is 65.7 Å². The predicted molar refractivity (Wildman–Crippen MR) is 84.4 cm³/mol. The van der Waals surface area contributed by atoms with Gasteiger partial charge in [0.1, 0.15) is 5.75 Å². The molecule has 2 aromatic carbocycles. The molecule has 0 aromatic heterocycles. The van der Waals surface area contributed by atoms with Crippen molar-refractivity contribution in [1.82, 2.24) is 5.32 Å². The van der Waals surface area contributed by atoms with Gasteiger partial charge in [-0.2, -0.15) is 5.26 Å². The lowest BCUT2D eigenvalue weighted by molar-refractivity contribution is -0.135. The number of hydrogen-bond donors (Lipinski definition) is 1. The number of nitrogens with one attached hydrogen (secondary N) is 1. The predicted octanol–water partition coefficient (Wildman–Crippen LogP) is 2.73. The summed E-state index contributed by atoms with van der Waals surface area (Å²) in [6, 6.07) is 17.1. The van der Waals surface area contributed by atoms with Gasteiger partial charge < -0.3 is 10.1 Å². The van der Waals surface area contributed by atoms with Crippen LogP contribution >= 0.6 is 0 Å². The molecule has 0 saturated carbocycles. The average Bonchev–Trinajstić information content (AvgIpc) is 2.55. The van der Waals surface area contributed by atoms with Gasteiger partial charge in [-0.3, -0.25) is 9.59 Å². The standard InChI is InChI=1S/C18H16N2O3/c1-13(21)20-17(15-5-3-2-4-6-15)11-18(22)23-16-9-7-14(12-19)8-10-16/h2-10,17H,11H2,1H3,(H,20,21)/t17-/m0/s1. The number of nitriles is 1. The largest absolute Gasteiger partial charge is 0.426 e. The molecule has 0 aliphatic carbocycles. The quantitative estimate of drug-likeness (QED) is 0.680. The Bertz CT molecular complexity index is 718. The summed E-state index contributed by atoms with van der Waals surface area (Å²) in [4.78, 5) is 23.4. The van der Waals surface area contributed by atoms with E-state index < -0.39 is 12.0 Å². The molecule has 0 radical (unpaired) electrons. The molecule has 23 heavy (non-hydrogen) atoms. The summed E-state index contributed by atoms with van der Waals surface area (Å²) in [5.74, 6) is -0.314. The second-order valence-corrected chi connectivity index (χ2v) is 4.98. The zero-order valence-corrected chi connectivity index (χ0v) is 12.7. The molecule has 2 aromatic rings. The molecule has 0 unspecified atom stereocenters. The molecular formula is C18H16N2O3. The van der Waals surface area contributed by atoms with Crippen molar-refractivity contribution in [2.45, 2.75) is 19.4 Å². The van der Waals surface area contributed by atoms with Gasteiger partial charge in [-0.05, 0) is 29.8 Å². The van der Waals surface area contributed by atoms with Crippen LogP contribution in [0.15, 0.2) is 54.6 Å². The molecule has 0 aliphatic rings. The number of amides is 1. The van der Waals surface area contributed by atoms with Crippen molar-refractivity contribution >= 4 is 11.9 Å². The van der Waals surface area contributed by atoms with E-state index in [4.69, 9.17) is 10.00 Å². The third kappa shape index (κ3) is 4.97. The van der Waals surface area contributed by atoms with Gasteiger partial charge in [-0.25, -0.2) is 0 Å². The Morgan fingerprint density at radius 2 is 1.78 bits per heavy atom. The summed E-state index contributed by atoms with van der Waals surface area (Å²) in [6.07, 6.45) is 0.0175. The van der Waals surface area contributed by atoms with Crippen molar-refractivity contribution in [2.24, 2.45) is 0 Å². The van der Waals surface area contributed by atoms with Crippen LogP contribution in [0.5, 0.6) is 5.75 Å². The zero-order chi connectivity index (χ0) is 16.7. The fourth-order valence-corrected chi connectivity index (χ4v) is 2.12. The van der Waals surface area contributed by atoms with E-state index in [-0.39, 0.29) is 12.3 Å². The Morgan fingerprint density at radius 3 is 2.35 bits per heavy atom. The molecule has 0 spiro atoms. The molecule has 0 bridgehead atoms. The van der Waals surface area contributed by atoms with Crippen LogP contribution in [0.25, 0.3) is 0 Å². The number of benzene rings is 2. The third-order valence-corrected chi connectivity index (χ3v) is 3.17. The van der Waals surface area contributed by atoms with Crippen LogP contribution in [0, 0.1) is 11.3 Å². The van der Waals surface area contributed by atoms with E-state index in [0.29, 0.717) is 11.3 Å². The molecule has 0 fully saturated rings. The monoisotopic (exact) mass is 308 g/mol. The van der Waals surface area contributed by atoms with E-state index in [1.165, 1.54) is 6.92 Å². The Morgan fingerprint density at radius 1 is 1.13 bits per heavy atom. The Labute approximate surface area is 134 Å². The van der Waals surface area contributed by atoms with Gasteiger partial charge in [0.25, 0.3) is 0 Å². The highest BCUT2D eigenvalue weighted by molar-refractivity contribution is 5.77. The minimum Gasteiger partial charge on any atom is -0.426 e. The van der Waals surface area contributed by atoms with Crippen LogP contribution in [-0.4, -0.2) is 11.9 Å². The lowest BCUT2D eigenvalue weighted by atomic mass is 10.0. The van der Waals surface area contributed by atoms with E-state index in [9.17, 15) is 9.59 Å². The molecule has 1 amide bonds. The van der Waals surface area contributed by atoms with Gasteiger partial charge in [0, 0.05) is 6.92 Å². The molecule has 1 N–H and O–H groups in total. The summed E-state index contributed by atoms with van der Waals surface area (Å²) in [5, 5.41) is 11.5. The van der Waals surface area contributed by atoms with Crippen LogP contribution in [0.2, 0.25) is 0 Å². The molecule has 0 saturated heterocycles. The molecule has 5 nitrogen and oxygen atoms in total. The fourth-order valence-electron chi connectivity index (χ4n) is 2.12. The number of hydrogen-bond acceptors (Lipinski definition) is 4. The average molecular weight is 308 g/mol. The van der Waals surface area contributed by atoms with Crippen LogP contribution in [0.1, 0.15) is 30.5 Å². The Kier molecular flexibility index (Phi) is 5.48. The molecular weight excluding hydrogens is 292 g/mol.